The van der Waals surface area contributed by atoms with Crippen molar-refractivity contribution >= 4 is 5.91 Å². The molecule has 1 unspecified atom stereocenters. The van der Waals surface area contributed by atoms with Crippen molar-refractivity contribution < 1.29 is 4.79 Å². The number of hydrogen-bond acceptors (Lipinski definition) is 3. The number of carbonyl (C=O) groups excluding carboxylic acids is 1. The van der Waals surface area contributed by atoms with E-state index in [1.165, 1.54) is 0 Å². The average Bonchev–Trinajstić information content (AvgIpc) is 2.27. The largest absolute Gasteiger partial charge is 0.356 e. The van der Waals surface area contributed by atoms with Gasteiger partial charge in [-0.15, -0.1) is 0 Å². The predicted molar refractivity (Wildman–Crippen MR) is 59.2 cm³/mol. The Labute approximate surface area is 89.9 Å². The minimum absolute atomic E-state index is 0.00523. The monoisotopic (exact) mass is 207 g/mol. The Bertz CT molecular complexity index is 300. The molecule has 0 aliphatic carbocycles. The third kappa shape index (κ3) is 3.67. The summed E-state index contributed by atoms with van der Waals surface area (Å²) in [5.41, 5.74) is 6.47. The topological polar surface area (TPSA) is 68.0 Å². The van der Waals surface area contributed by atoms with Crippen molar-refractivity contribution in [1.29, 1.82) is 0 Å². The van der Waals surface area contributed by atoms with Crippen LogP contribution in [0.3, 0.4) is 0 Å². The van der Waals surface area contributed by atoms with Crippen molar-refractivity contribution in [3.63, 3.8) is 0 Å². The maximum absolute atomic E-state index is 11.6. The first-order valence-corrected chi connectivity index (χ1v) is 5.15. The Balaban J connectivity index is 2.58. The molecule has 0 bridgehead atoms. The summed E-state index contributed by atoms with van der Waals surface area (Å²) in [5, 5.41) is 2.77. The second-order valence-electron chi connectivity index (χ2n) is 3.35. The van der Waals surface area contributed by atoms with Crippen LogP contribution in [0.2, 0.25) is 0 Å². The molecule has 1 amide bonds. The molecule has 1 aromatic rings. The Morgan fingerprint density at radius 2 is 2.40 bits per heavy atom. The van der Waals surface area contributed by atoms with E-state index in [4.69, 9.17) is 5.73 Å². The number of amides is 1. The van der Waals surface area contributed by atoms with E-state index < -0.39 is 0 Å². The second kappa shape index (κ2) is 6.14. The summed E-state index contributed by atoms with van der Waals surface area (Å²) in [4.78, 5) is 15.7. The minimum atomic E-state index is -0.181. The van der Waals surface area contributed by atoms with Crippen molar-refractivity contribution in [3.8, 4) is 0 Å². The average molecular weight is 207 g/mol. The van der Waals surface area contributed by atoms with Crippen molar-refractivity contribution in [3.05, 3.63) is 30.1 Å². The van der Waals surface area contributed by atoms with E-state index in [1.54, 1.807) is 6.20 Å². The molecule has 0 aromatic carbocycles. The smallest absolute Gasteiger partial charge is 0.224 e. The third-order valence-electron chi connectivity index (χ3n) is 2.19. The van der Waals surface area contributed by atoms with Crippen LogP contribution in [0.4, 0.5) is 0 Å². The number of nitrogens with zero attached hydrogens (tertiary/aromatic N) is 1. The molecule has 1 aromatic heterocycles. The summed E-state index contributed by atoms with van der Waals surface area (Å²) in [7, 11) is 0. The van der Waals surface area contributed by atoms with Gasteiger partial charge < -0.3 is 11.1 Å². The summed E-state index contributed by atoms with van der Waals surface area (Å²) in [5.74, 6) is -0.175. The molecule has 1 heterocycles. The zero-order valence-electron chi connectivity index (χ0n) is 8.94. The SMILES string of the molecule is CCNC(=O)C(CN)Cc1ccccn1. The summed E-state index contributed by atoms with van der Waals surface area (Å²) in [6, 6.07) is 5.67. The molecule has 0 aliphatic heterocycles. The molecular weight excluding hydrogens is 190 g/mol. The summed E-state index contributed by atoms with van der Waals surface area (Å²) in [6.07, 6.45) is 2.32. The Hall–Kier alpha value is -1.42. The highest BCUT2D eigenvalue weighted by molar-refractivity contribution is 5.79. The molecular formula is C11H17N3O. The number of pyridine rings is 1. The summed E-state index contributed by atoms with van der Waals surface area (Å²) < 4.78 is 0. The highest BCUT2D eigenvalue weighted by Gasteiger charge is 2.16. The summed E-state index contributed by atoms with van der Waals surface area (Å²) in [6.45, 7) is 2.88. The molecule has 4 heteroatoms. The zero-order valence-corrected chi connectivity index (χ0v) is 8.94. The molecule has 0 spiro atoms. The van der Waals surface area contributed by atoms with Gasteiger partial charge in [0, 0.05) is 31.4 Å². The first kappa shape index (κ1) is 11.7. The Morgan fingerprint density at radius 1 is 1.60 bits per heavy atom. The van der Waals surface area contributed by atoms with Gasteiger partial charge in [-0.1, -0.05) is 6.07 Å². The van der Waals surface area contributed by atoms with Gasteiger partial charge in [-0.25, -0.2) is 0 Å². The summed E-state index contributed by atoms with van der Waals surface area (Å²) >= 11 is 0. The maximum atomic E-state index is 11.6. The number of carbonyl (C=O) groups is 1. The number of hydrogen-bond donors (Lipinski definition) is 2. The van der Waals surface area contributed by atoms with E-state index in [-0.39, 0.29) is 11.8 Å². The number of aromatic nitrogens is 1. The van der Waals surface area contributed by atoms with Crippen LogP contribution in [-0.2, 0) is 11.2 Å². The molecule has 0 fully saturated rings. The predicted octanol–water partition coefficient (Wildman–Crippen LogP) is 0.335. The minimum Gasteiger partial charge on any atom is -0.356 e. The second-order valence-corrected chi connectivity index (χ2v) is 3.35. The third-order valence-corrected chi connectivity index (χ3v) is 2.19. The molecule has 0 saturated carbocycles. The van der Waals surface area contributed by atoms with Gasteiger partial charge in [-0.2, -0.15) is 0 Å². The van der Waals surface area contributed by atoms with Gasteiger partial charge in [0.05, 0.1) is 5.92 Å². The van der Waals surface area contributed by atoms with Crippen LogP contribution < -0.4 is 11.1 Å². The van der Waals surface area contributed by atoms with Gasteiger partial charge in [0.15, 0.2) is 0 Å². The van der Waals surface area contributed by atoms with Crippen molar-refractivity contribution in [2.24, 2.45) is 11.7 Å². The highest BCUT2D eigenvalue weighted by Crippen LogP contribution is 2.05. The van der Waals surface area contributed by atoms with E-state index in [2.05, 4.69) is 10.3 Å². The molecule has 0 saturated heterocycles. The number of nitrogens with one attached hydrogen (secondary N) is 1. The number of rotatable bonds is 5. The maximum Gasteiger partial charge on any atom is 0.224 e. The van der Waals surface area contributed by atoms with Gasteiger partial charge in [0.1, 0.15) is 0 Å². The molecule has 0 aliphatic rings. The van der Waals surface area contributed by atoms with Crippen molar-refractivity contribution in [1.82, 2.24) is 10.3 Å². The fourth-order valence-electron chi connectivity index (χ4n) is 1.37. The van der Waals surface area contributed by atoms with Crippen molar-refractivity contribution in [2.45, 2.75) is 13.3 Å². The van der Waals surface area contributed by atoms with E-state index in [9.17, 15) is 4.79 Å². The first-order valence-electron chi connectivity index (χ1n) is 5.15. The molecule has 0 radical (unpaired) electrons. The van der Waals surface area contributed by atoms with Crippen LogP contribution in [0.15, 0.2) is 24.4 Å². The molecule has 1 rings (SSSR count). The molecule has 4 nitrogen and oxygen atoms in total. The Morgan fingerprint density at radius 3 is 2.93 bits per heavy atom. The lowest BCUT2D eigenvalue weighted by molar-refractivity contribution is -0.124. The zero-order chi connectivity index (χ0) is 11.1. The quantitative estimate of drug-likeness (QED) is 0.731. The van der Waals surface area contributed by atoms with Crippen LogP contribution in [0.25, 0.3) is 0 Å². The highest BCUT2D eigenvalue weighted by atomic mass is 16.1. The molecule has 1 atom stereocenters. The van der Waals surface area contributed by atoms with Crippen LogP contribution in [0, 0.1) is 5.92 Å². The first-order chi connectivity index (χ1) is 7.27. The lowest BCUT2D eigenvalue weighted by Gasteiger charge is -2.13. The van der Waals surface area contributed by atoms with Gasteiger partial charge in [0.25, 0.3) is 0 Å². The van der Waals surface area contributed by atoms with Crippen LogP contribution in [-0.4, -0.2) is 24.0 Å². The van der Waals surface area contributed by atoms with Gasteiger partial charge in [-0.05, 0) is 19.1 Å². The van der Waals surface area contributed by atoms with E-state index in [1.807, 2.05) is 25.1 Å². The lowest BCUT2D eigenvalue weighted by Crippen LogP contribution is -2.36. The standard InChI is InChI=1S/C11H17N3O/c1-2-13-11(15)9(8-12)7-10-5-3-4-6-14-10/h3-6,9H,2,7-8,12H2,1H3,(H,13,15). The van der Waals surface area contributed by atoms with Gasteiger partial charge >= 0.3 is 0 Å². The van der Waals surface area contributed by atoms with Gasteiger partial charge in [0.2, 0.25) is 5.91 Å². The normalized spacial score (nSPS) is 12.1. The fraction of sp³-hybridized carbons (Fsp3) is 0.455. The number of nitrogens with two attached hydrogens (primary N) is 1. The molecule has 3 N–H and O–H groups in total. The molecule has 15 heavy (non-hydrogen) atoms. The van der Waals surface area contributed by atoms with Gasteiger partial charge in [-0.3, -0.25) is 9.78 Å². The molecule has 82 valence electrons. The van der Waals surface area contributed by atoms with Crippen LogP contribution in [0.5, 0.6) is 0 Å². The fourth-order valence-corrected chi connectivity index (χ4v) is 1.37. The van der Waals surface area contributed by atoms with Crippen LogP contribution in [0.1, 0.15) is 12.6 Å². The van der Waals surface area contributed by atoms with Crippen LogP contribution >= 0.6 is 0 Å². The lowest BCUT2D eigenvalue weighted by atomic mass is 10.0. The Kier molecular flexibility index (Phi) is 4.77. The van der Waals surface area contributed by atoms with E-state index in [0.29, 0.717) is 19.5 Å². The van der Waals surface area contributed by atoms with E-state index in [0.717, 1.165) is 5.69 Å². The van der Waals surface area contributed by atoms with Crippen molar-refractivity contribution in [2.75, 3.05) is 13.1 Å². The van der Waals surface area contributed by atoms with E-state index >= 15 is 0 Å².